The number of hydrogen-bond acceptors (Lipinski definition) is 1. The first-order valence-electron chi connectivity index (χ1n) is 6.76. The Morgan fingerprint density at radius 1 is 1.24 bits per heavy atom. The van der Waals surface area contributed by atoms with Crippen LogP contribution in [-0.2, 0) is 0 Å². The smallest absolute Gasteiger partial charge is 0.0640 e. The van der Waals surface area contributed by atoms with Gasteiger partial charge in [0.1, 0.15) is 0 Å². The molecule has 2 heteroatoms. The average molecular weight is 252 g/mol. The highest BCUT2D eigenvalue weighted by Gasteiger charge is 2.12. The van der Waals surface area contributed by atoms with Gasteiger partial charge in [0, 0.05) is 6.54 Å². The van der Waals surface area contributed by atoms with Crippen molar-refractivity contribution >= 4 is 17.3 Å². The third-order valence-electron chi connectivity index (χ3n) is 3.72. The van der Waals surface area contributed by atoms with Crippen molar-refractivity contribution in [3.8, 4) is 0 Å². The van der Waals surface area contributed by atoms with Crippen molar-refractivity contribution in [3.63, 3.8) is 0 Å². The molecule has 1 aromatic carbocycles. The van der Waals surface area contributed by atoms with Gasteiger partial charge in [-0.2, -0.15) is 0 Å². The van der Waals surface area contributed by atoms with Crippen molar-refractivity contribution in [2.75, 3.05) is 11.9 Å². The second-order valence-electron chi connectivity index (χ2n) is 5.20. The van der Waals surface area contributed by atoms with Gasteiger partial charge >= 0.3 is 0 Å². The fourth-order valence-corrected chi connectivity index (χ4v) is 2.95. The summed E-state index contributed by atoms with van der Waals surface area (Å²) < 4.78 is 0. The largest absolute Gasteiger partial charge is 0.384 e. The predicted molar refractivity (Wildman–Crippen MR) is 75.9 cm³/mol. The quantitative estimate of drug-likeness (QED) is 0.791. The summed E-state index contributed by atoms with van der Waals surface area (Å²) in [5.74, 6) is 0.931. The number of aryl methyl sites for hydroxylation is 1. The van der Waals surface area contributed by atoms with Crippen LogP contribution in [0, 0.1) is 12.8 Å². The summed E-state index contributed by atoms with van der Waals surface area (Å²) in [6.07, 6.45) is 8.41. The van der Waals surface area contributed by atoms with Gasteiger partial charge in [0.15, 0.2) is 0 Å². The van der Waals surface area contributed by atoms with Crippen LogP contribution in [0.1, 0.15) is 44.1 Å². The van der Waals surface area contributed by atoms with E-state index in [9.17, 15) is 0 Å². The lowest BCUT2D eigenvalue weighted by Crippen LogP contribution is -2.12. The normalized spacial score (nSPS) is 17.1. The van der Waals surface area contributed by atoms with Crippen LogP contribution in [0.4, 0.5) is 5.69 Å². The monoisotopic (exact) mass is 251 g/mol. The fourth-order valence-electron chi connectivity index (χ4n) is 2.65. The van der Waals surface area contributed by atoms with Gasteiger partial charge < -0.3 is 5.32 Å². The Kier molecular flexibility index (Phi) is 4.73. The van der Waals surface area contributed by atoms with E-state index in [-0.39, 0.29) is 0 Å². The van der Waals surface area contributed by atoms with E-state index in [0.29, 0.717) is 0 Å². The molecule has 0 aromatic heterocycles. The van der Waals surface area contributed by atoms with Gasteiger partial charge in [-0.15, -0.1) is 0 Å². The number of benzene rings is 1. The molecule has 1 saturated carbocycles. The summed E-state index contributed by atoms with van der Waals surface area (Å²) in [4.78, 5) is 0. The van der Waals surface area contributed by atoms with Gasteiger partial charge in [-0.3, -0.25) is 0 Å². The second kappa shape index (κ2) is 6.30. The van der Waals surface area contributed by atoms with Gasteiger partial charge in [0.05, 0.1) is 10.7 Å². The standard InChI is InChI=1S/C15H22ClN/c1-12-7-8-15(14(16)11-12)17-10-9-13-5-3-2-4-6-13/h7-8,11,13,17H,2-6,9-10H2,1H3. The van der Waals surface area contributed by atoms with Crippen LogP contribution < -0.4 is 5.32 Å². The van der Waals surface area contributed by atoms with Crippen LogP contribution in [-0.4, -0.2) is 6.54 Å². The van der Waals surface area contributed by atoms with E-state index in [1.807, 2.05) is 6.07 Å². The topological polar surface area (TPSA) is 12.0 Å². The second-order valence-corrected chi connectivity index (χ2v) is 5.61. The molecule has 17 heavy (non-hydrogen) atoms. The van der Waals surface area contributed by atoms with Crippen LogP contribution in [0.2, 0.25) is 5.02 Å². The molecule has 1 N–H and O–H groups in total. The molecule has 2 rings (SSSR count). The number of hydrogen-bond donors (Lipinski definition) is 1. The molecule has 0 radical (unpaired) electrons. The molecule has 0 amide bonds. The minimum absolute atomic E-state index is 0.841. The van der Waals surface area contributed by atoms with E-state index < -0.39 is 0 Å². The zero-order valence-electron chi connectivity index (χ0n) is 10.6. The summed E-state index contributed by atoms with van der Waals surface area (Å²) in [6.45, 7) is 3.12. The van der Waals surface area contributed by atoms with Crippen LogP contribution in [0.25, 0.3) is 0 Å². The maximum Gasteiger partial charge on any atom is 0.0640 e. The molecular formula is C15H22ClN. The molecule has 0 unspecified atom stereocenters. The Hall–Kier alpha value is -0.690. The van der Waals surface area contributed by atoms with Gasteiger partial charge in [0.2, 0.25) is 0 Å². The van der Waals surface area contributed by atoms with E-state index in [0.717, 1.165) is 23.2 Å². The van der Waals surface area contributed by atoms with Gasteiger partial charge in [-0.05, 0) is 37.0 Å². The van der Waals surface area contributed by atoms with Crippen LogP contribution in [0.15, 0.2) is 18.2 Å². The van der Waals surface area contributed by atoms with Crippen molar-refractivity contribution in [1.82, 2.24) is 0 Å². The Morgan fingerprint density at radius 3 is 2.71 bits per heavy atom. The van der Waals surface area contributed by atoms with Crippen molar-refractivity contribution in [3.05, 3.63) is 28.8 Å². The molecule has 0 spiro atoms. The average Bonchev–Trinajstić information content (AvgIpc) is 2.33. The highest BCUT2D eigenvalue weighted by atomic mass is 35.5. The zero-order chi connectivity index (χ0) is 12.1. The zero-order valence-corrected chi connectivity index (χ0v) is 11.4. The first-order chi connectivity index (χ1) is 8.25. The molecule has 0 atom stereocenters. The molecule has 1 nitrogen and oxygen atoms in total. The lowest BCUT2D eigenvalue weighted by Gasteiger charge is -2.21. The molecule has 0 heterocycles. The minimum Gasteiger partial charge on any atom is -0.384 e. The van der Waals surface area contributed by atoms with E-state index in [1.165, 1.54) is 44.1 Å². The molecule has 1 aromatic rings. The van der Waals surface area contributed by atoms with Gasteiger partial charge in [-0.1, -0.05) is 49.8 Å². The summed E-state index contributed by atoms with van der Waals surface area (Å²) in [6, 6.07) is 6.21. The van der Waals surface area contributed by atoms with Crippen molar-refractivity contribution in [1.29, 1.82) is 0 Å². The maximum atomic E-state index is 6.19. The number of halogens is 1. The highest BCUT2D eigenvalue weighted by molar-refractivity contribution is 6.33. The number of nitrogens with one attached hydrogen (secondary N) is 1. The Morgan fingerprint density at radius 2 is 2.00 bits per heavy atom. The first-order valence-corrected chi connectivity index (χ1v) is 7.13. The molecule has 0 aliphatic heterocycles. The van der Waals surface area contributed by atoms with Crippen LogP contribution in [0.5, 0.6) is 0 Å². The molecular weight excluding hydrogens is 230 g/mol. The minimum atomic E-state index is 0.841. The fraction of sp³-hybridized carbons (Fsp3) is 0.600. The molecule has 1 aliphatic rings. The lowest BCUT2D eigenvalue weighted by atomic mass is 9.87. The summed E-state index contributed by atoms with van der Waals surface area (Å²) >= 11 is 6.19. The van der Waals surface area contributed by atoms with E-state index in [1.54, 1.807) is 0 Å². The third kappa shape index (κ3) is 3.92. The van der Waals surface area contributed by atoms with E-state index in [2.05, 4.69) is 24.4 Å². The number of rotatable bonds is 4. The van der Waals surface area contributed by atoms with E-state index in [4.69, 9.17) is 11.6 Å². The van der Waals surface area contributed by atoms with Gasteiger partial charge in [-0.25, -0.2) is 0 Å². The lowest BCUT2D eigenvalue weighted by molar-refractivity contribution is 0.345. The maximum absolute atomic E-state index is 6.19. The van der Waals surface area contributed by atoms with E-state index >= 15 is 0 Å². The van der Waals surface area contributed by atoms with Crippen molar-refractivity contribution in [2.24, 2.45) is 5.92 Å². The predicted octanol–water partition coefficient (Wildman–Crippen LogP) is 5.03. The third-order valence-corrected chi connectivity index (χ3v) is 4.03. The first kappa shape index (κ1) is 12.8. The molecule has 0 saturated heterocycles. The summed E-state index contributed by atoms with van der Waals surface area (Å²) in [5, 5.41) is 4.30. The van der Waals surface area contributed by atoms with Crippen molar-refractivity contribution < 1.29 is 0 Å². The van der Waals surface area contributed by atoms with Crippen molar-refractivity contribution in [2.45, 2.75) is 45.4 Å². The Bertz CT molecular complexity index is 356. The molecule has 94 valence electrons. The summed E-state index contributed by atoms with van der Waals surface area (Å²) in [5.41, 5.74) is 2.29. The Balaban J connectivity index is 1.77. The molecule has 0 bridgehead atoms. The summed E-state index contributed by atoms with van der Waals surface area (Å²) in [7, 11) is 0. The van der Waals surface area contributed by atoms with Gasteiger partial charge in [0.25, 0.3) is 0 Å². The highest BCUT2D eigenvalue weighted by Crippen LogP contribution is 2.27. The van der Waals surface area contributed by atoms with Crippen LogP contribution in [0.3, 0.4) is 0 Å². The Labute approximate surface area is 110 Å². The van der Waals surface area contributed by atoms with Crippen LogP contribution >= 0.6 is 11.6 Å². The SMILES string of the molecule is Cc1ccc(NCCC2CCCCC2)c(Cl)c1. The number of anilines is 1. The molecule has 1 fully saturated rings. The molecule has 1 aliphatic carbocycles.